The van der Waals surface area contributed by atoms with Gasteiger partial charge in [0, 0.05) is 41.5 Å². The van der Waals surface area contributed by atoms with E-state index >= 15 is 0 Å². The molecule has 2 heterocycles. The van der Waals surface area contributed by atoms with Crippen LogP contribution in [0.3, 0.4) is 0 Å². The topological polar surface area (TPSA) is 45.8 Å². The third-order valence-corrected chi connectivity index (χ3v) is 3.75. The van der Waals surface area contributed by atoms with Crippen LogP contribution >= 0.6 is 0 Å². The number of hydrogen-bond acceptors (Lipinski definition) is 2. The molecule has 1 unspecified atom stereocenters. The third kappa shape index (κ3) is 2.45. The smallest absolute Gasteiger partial charge is 0.165 e. The number of hydrogen-bond donors (Lipinski definition) is 1. The molecule has 0 bridgehead atoms. The lowest BCUT2D eigenvalue weighted by Crippen LogP contribution is -2.20. The summed E-state index contributed by atoms with van der Waals surface area (Å²) in [6.07, 6.45) is 5.85. The molecule has 0 fully saturated rings. The molecule has 2 rings (SSSR count). The number of aromatic amines is 1. The van der Waals surface area contributed by atoms with Gasteiger partial charge in [-0.05, 0) is 17.4 Å². The lowest BCUT2D eigenvalue weighted by Gasteiger charge is -2.26. The molecule has 3 heteroatoms. The van der Waals surface area contributed by atoms with Gasteiger partial charge in [0.2, 0.25) is 0 Å². The molecule has 0 saturated heterocycles. The number of aromatic nitrogens is 2. The quantitative estimate of drug-likeness (QED) is 0.834. The second kappa shape index (κ2) is 4.56. The second-order valence-corrected chi connectivity index (χ2v) is 6.02. The summed E-state index contributed by atoms with van der Waals surface area (Å²) in [5, 5.41) is 0.920. The van der Waals surface area contributed by atoms with E-state index < -0.39 is 0 Å². The molecule has 0 aromatic carbocycles. The van der Waals surface area contributed by atoms with Crippen LogP contribution in [0.2, 0.25) is 0 Å². The van der Waals surface area contributed by atoms with Crippen LogP contribution in [0.25, 0.3) is 10.9 Å². The maximum Gasteiger partial charge on any atom is 0.165 e. The number of pyridine rings is 1. The Morgan fingerprint density at radius 2 is 2.17 bits per heavy atom. The molecule has 18 heavy (non-hydrogen) atoms. The van der Waals surface area contributed by atoms with E-state index in [2.05, 4.69) is 37.7 Å². The fourth-order valence-corrected chi connectivity index (χ4v) is 1.89. The standard InChI is InChI=1S/C15H20N2O/c1-10(15(2,3)4)7-14(18)12-9-17-13-5-6-16-8-11(12)13/h5-6,8-10,17H,7H2,1-4H3. The zero-order valence-corrected chi connectivity index (χ0v) is 11.4. The van der Waals surface area contributed by atoms with Crippen molar-refractivity contribution in [2.45, 2.75) is 34.1 Å². The van der Waals surface area contributed by atoms with Crippen molar-refractivity contribution in [2.75, 3.05) is 0 Å². The Labute approximate surface area is 108 Å². The molecule has 0 aliphatic rings. The minimum Gasteiger partial charge on any atom is -0.360 e. The molecule has 0 aliphatic carbocycles. The Balaban J connectivity index is 2.24. The summed E-state index contributed by atoms with van der Waals surface area (Å²) < 4.78 is 0. The Hall–Kier alpha value is -1.64. The summed E-state index contributed by atoms with van der Waals surface area (Å²) in [6.45, 7) is 8.64. The molecule has 3 nitrogen and oxygen atoms in total. The van der Waals surface area contributed by atoms with Crippen molar-refractivity contribution in [3.63, 3.8) is 0 Å². The van der Waals surface area contributed by atoms with E-state index in [4.69, 9.17) is 0 Å². The number of carbonyl (C=O) groups is 1. The number of H-pyrrole nitrogens is 1. The van der Waals surface area contributed by atoms with Gasteiger partial charge in [-0.3, -0.25) is 9.78 Å². The normalized spacial score (nSPS) is 13.8. The minimum atomic E-state index is 0.153. The molecule has 1 N–H and O–H groups in total. The molecular weight excluding hydrogens is 224 g/mol. The Kier molecular flexibility index (Phi) is 3.24. The number of ketones is 1. The van der Waals surface area contributed by atoms with Crippen LogP contribution < -0.4 is 0 Å². The van der Waals surface area contributed by atoms with E-state index in [0.29, 0.717) is 12.3 Å². The Morgan fingerprint density at radius 3 is 2.83 bits per heavy atom. The Bertz CT molecular complexity index is 563. The molecule has 2 aromatic rings. The van der Waals surface area contributed by atoms with Gasteiger partial charge in [-0.1, -0.05) is 27.7 Å². The molecule has 1 atom stereocenters. The first-order chi connectivity index (χ1) is 8.39. The van der Waals surface area contributed by atoms with Crippen LogP contribution in [-0.4, -0.2) is 15.8 Å². The lowest BCUT2D eigenvalue weighted by molar-refractivity contribution is 0.0929. The van der Waals surface area contributed by atoms with Crippen molar-refractivity contribution in [3.05, 3.63) is 30.2 Å². The van der Waals surface area contributed by atoms with E-state index in [9.17, 15) is 4.79 Å². The fourth-order valence-electron chi connectivity index (χ4n) is 1.89. The van der Waals surface area contributed by atoms with Gasteiger partial charge in [-0.15, -0.1) is 0 Å². The van der Waals surface area contributed by atoms with E-state index in [0.717, 1.165) is 16.5 Å². The van der Waals surface area contributed by atoms with Crippen LogP contribution in [0.1, 0.15) is 44.5 Å². The van der Waals surface area contributed by atoms with Crippen LogP contribution in [-0.2, 0) is 0 Å². The highest BCUT2D eigenvalue weighted by atomic mass is 16.1. The molecule has 0 amide bonds. The summed E-state index contributed by atoms with van der Waals surface area (Å²) in [6, 6.07) is 1.89. The molecule has 0 aliphatic heterocycles. The SMILES string of the molecule is CC(CC(=O)c1c[nH]c2ccncc12)C(C)(C)C. The highest BCUT2D eigenvalue weighted by molar-refractivity contribution is 6.07. The lowest BCUT2D eigenvalue weighted by atomic mass is 9.78. The van der Waals surface area contributed by atoms with Crippen molar-refractivity contribution in [1.29, 1.82) is 0 Å². The second-order valence-electron chi connectivity index (χ2n) is 6.02. The number of fused-ring (bicyclic) bond motifs is 1. The largest absolute Gasteiger partial charge is 0.360 e. The van der Waals surface area contributed by atoms with Gasteiger partial charge in [0.1, 0.15) is 0 Å². The third-order valence-electron chi connectivity index (χ3n) is 3.75. The van der Waals surface area contributed by atoms with Gasteiger partial charge in [-0.25, -0.2) is 0 Å². The van der Waals surface area contributed by atoms with E-state index in [1.807, 2.05) is 6.07 Å². The summed E-state index contributed by atoms with van der Waals surface area (Å²) in [5.41, 5.74) is 1.88. The number of nitrogens with zero attached hydrogens (tertiary/aromatic N) is 1. The minimum absolute atomic E-state index is 0.153. The first-order valence-corrected chi connectivity index (χ1v) is 6.34. The molecular formula is C15H20N2O. The summed E-state index contributed by atoms with van der Waals surface area (Å²) in [5.74, 6) is 0.545. The molecule has 96 valence electrons. The number of rotatable bonds is 3. The average molecular weight is 244 g/mol. The van der Waals surface area contributed by atoms with E-state index in [1.54, 1.807) is 18.6 Å². The van der Waals surface area contributed by atoms with Crippen molar-refractivity contribution in [2.24, 2.45) is 11.3 Å². The van der Waals surface area contributed by atoms with Gasteiger partial charge in [0.25, 0.3) is 0 Å². The van der Waals surface area contributed by atoms with Crippen molar-refractivity contribution >= 4 is 16.7 Å². The maximum absolute atomic E-state index is 12.3. The first-order valence-electron chi connectivity index (χ1n) is 6.34. The summed E-state index contributed by atoms with van der Waals surface area (Å²) in [4.78, 5) is 19.5. The first kappa shape index (κ1) is 12.8. The van der Waals surface area contributed by atoms with E-state index in [1.165, 1.54) is 0 Å². The monoisotopic (exact) mass is 244 g/mol. The highest BCUT2D eigenvalue weighted by Crippen LogP contribution is 2.30. The van der Waals surface area contributed by atoms with Crippen LogP contribution in [0.4, 0.5) is 0 Å². The number of nitrogens with one attached hydrogen (secondary N) is 1. The molecule has 0 spiro atoms. The predicted octanol–water partition coefficient (Wildman–Crippen LogP) is 3.82. The van der Waals surface area contributed by atoms with E-state index in [-0.39, 0.29) is 11.2 Å². The van der Waals surface area contributed by atoms with Gasteiger partial charge >= 0.3 is 0 Å². The van der Waals surface area contributed by atoms with Gasteiger partial charge in [0.05, 0.1) is 0 Å². The van der Waals surface area contributed by atoms with Gasteiger partial charge in [-0.2, -0.15) is 0 Å². The summed E-state index contributed by atoms with van der Waals surface area (Å²) >= 11 is 0. The number of Topliss-reactive ketones (excluding diaryl/α,β-unsaturated/α-hetero) is 1. The fraction of sp³-hybridized carbons (Fsp3) is 0.467. The van der Waals surface area contributed by atoms with Crippen LogP contribution in [0.15, 0.2) is 24.7 Å². The zero-order valence-electron chi connectivity index (χ0n) is 11.4. The molecule has 0 saturated carbocycles. The van der Waals surface area contributed by atoms with Gasteiger partial charge in [0.15, 0.2) is 5.78 Å². The maximum atomic E-state index is 12.3. The molecule has 2 aromatic heterocycles. The van der Waals surface area contributed by atoms with Gasteiger partial charge < -0.3 is 4.98 Å². The Morgan fingerprint density at radius 1 is 1.44 bits per heavy atom. The summed E-state index contributed by atoms with van der Waals surface area (Å²) in [7, 11) is 0. The van der Waals surface area contributed by atoms with Crippen molar-refractivity contribution in [3.8, 4) is 0 Å². The van der Waals surface area contributed by atoms with Crippen LogP contribution in [0, 0.1) is 11.3 Å². The van der Waals surface area contributed by atoms with Crippen LogP contribution in [0.5, 0.6) is 0 Å². The van der Waals surface area contributed by atoms with Crippen molar-refractivity contribution in [1.82, 2.24) is 9.97 Å². The number of carbonyl (C=O) groups excluding carboxylic acids is 1. The average Bonchev–Trinajstić information content (AvgIpc) is 2.71. The predicted molar refractivity (Wildman–Crippen MR) is 73.7 cm³/mol. The zero-order chi connectivity index (χ0) is 13.3. The highest BCUT2D eigenvalue weighted by Gasteiger charge is 2.24. The van der Waals surface area contributed by atoms with Crippen molar-refractivity contribution < 1.29 is 4.79 Å². The molecule has 0 radical (unpaired) electrons.